The van der Waals surface area contributed by atoms with E-state index in [9.17, 15) is 0 Å². The number of hydrogen-bond acceptors (Lipinski definition) is 2. The number of para-hydroxylation sites is 1. The van der Waals surface area contributed by atoms with Crippen LogP contribution in [0.1, 0.15) is 51.8 Å². The van der Waals surface area contributed by atoms with E-state index in [1.165, 1.54) is 11.3 Å². The zero-order chi connectivity index (χ0) is 15.6. The molecule has 0 fully saturated rings. The van der Waals surface area contributed by atoms with Crippen molar-refractivity contribution in [3.05, 3.63) is 46.7 Å². The summed E-state index contributed by atoms with van der Waals surface area (Å²) in [6.07, 6.45) is 1.94. The van der Waals surface area contributed by atoms with E-state index in [0.29, 0.717) is 5.92 Å². The minimum absolute atomic E-state index is 0.0841. The zero-order valence-corrected chi connectivity index (χ0v) is 14.2. The normalized spacial score (nSPS) is 12.1. The largest absolute Gasteiger partial charge is 0.308 e. The van der Waals surface area contributed by atoms with Crippen molar-refractivity contribution in [3.63, 3.8) is 0 Å². The third-order valence-corrected chi connectivity index (χ3v) is 3.64. The lowest BCUT2D eigenvalue weighted by Gasteiger charge is -2.21. The standard InChI is InChI=1S/C17H24ClN3/c1-12(2)16-13(10-19-17(3,4)5)11-20-21(16)15-9-7-6-8-14(15)18/h6-9,11-12,19H,10H2,1-5H3. The first-order valence-corrected chi connectivity index (χ1v) is 7.74. The second-order valence-corrected chi connectivity index (χ2v) is 7.08. The van der Waals surface area contributed by atoms with Crippen LogP contribution in [0.5, 0.6) is 0 Å². The highest BCUT2D eigenvalue weighted by atomic mass is 35.5. The Morgan fingerprint density at radius 3 is 2.48 bits per heavy atom. The van der Waals surface area contributed by atoms with Gasteiger partial charge in [-0.1, -0.05) is 37.6 Å². The van der Waals surface area contributed by atoms with Crippen LogP contribution in [0.25, 0.3) is 5.69 Å². The molecule has 1 aromatic carbocycles. The molecule has 0 saturated heterocycles. The molecule has 1 heterocycles. The summed E-state index contributed by atoms with van der Waals surface area (Å²) < 4.78 is 1.96. The van der Waals surface area contributed by atoms with Crippen LogP contribution in [0, 0.1) is 0 Å². The average molecular weight is 306 g/mol. The number of hydrogen-bond donors (Lipinski definition) is 1. The van der Waals surface area contributed by atoms with E-state index >= 15 is 0 Å². The highest BCUT2D eigenvalue weighted by Crippen LogP contribution is 2.27. The topological polar surface area (TPSA) is 29.9 Å². The fourth-order valence-corrected chi connectivity index (χ4v) is 2.53. The first-order chi connectivity index (χ1) is 9.79. The molecule has 0 saturated carbocycles. The first kappa shape index (κ1) is 16.1. The van der Waals surface area contributed by atoms with E-state index in [1.807, 2.05) is 35.1 Å². The van der Waals surface area contributed by atoms with Crippen LogP contribution in [0.15, 0.2) is 30.5 Å². The Balaban J connectivity index is 2.40. The molecular formula is C17H24ClN3. The van der Waals surface area contributed by atoms with Crippen molar-refractivity contribution in [3.8, 4) is 5.69 Å². The van der Waals surface area contributed by atoms with E-state index in [-0.39, 0.29) is 5.54 Å². The maximum atomic E-state index is 6.32. The second kappa shape index (κ2) is 6.20. The molecule has 0 aliphatic carbocycles. The van der Waals surface area contributed by atoms with Crippen LogP contribution in [0.3, 0.4) is 0 Å². The van der Waals surface area contributed by atoms with E-state index in [2.05, 4.69) is 45.0 Å². The minimum atomic E-state index is 0.0841. The van der Waals surface area contributed by atoms with Gasteiger partial charge in [0.15, 0.2) is 0 Å². The van der Waals surface area contributed by atoms with Crippen molar-refractivity contribution in [2.45, 2.75) is 52.6 Å². The van der Waals surface area contributed by atoms with Gasteiger partial charge in [0.25, 0.3) is 0 Å². The Labute approximate surface area is 132 Å². The van der Waals surface area contributed by atoms with Crippen LogP contribution in [-0.2, 0) is 6.54 Å². The predicted octanol–water partition coefficient (Wildman–Crippen LogP) is 4.54. The second-order valence-electron chi connectivity index (χ2n) is 6.68. The molecule has 2 rings (SSSR count). The summed E-state index contributed by atoms with van der Waals surface area (Å²) in [6.45, 7) is 11.7. The molecule has 114 valence electrons. The fourth-order valence-electron chi connectivity index (χ4n) is 2.32. The summed E-state index contributed by atoms with van der Waals surface area (Å²) in [5, 5.41) is 8.81. The Kier molecular flexibility index (Phi) is 4.74. The Bertz CT molecular complexity index is 609. The average Bonchev–Trinajstić information content (AvgIpc) is 2.80. The van der Waals surface area contributed by atoms with Gasteiger partial charge in [0.2, 0.25) is 0 Å². The van der Waals surface area contributed by atoms with Crippen LogP contribution in [0.4, 0.5) is 0 Å². The Morgan fingerprint density at radius 2 is 1.90 bits per heavy atom. The fraction of sp³-hybridized carbons (Fsp3) is 0.471. The van der Waals surface area contributed by atoms with Gasteiger partial charge in [0, 0.05) is 17.6 Å². The van der Waals surface area contributed by atoms with Crippen LogP contribution < -0.4 is 5.32 Å². The zero-order valence-electron chi connectivity index (χ0n) is 13.4. The molecule has 21 heavy (non-hydrogen) atoms. The van der Waals surface area contributed by atoms with Gasteiger partial charge in [-0.05, 0) is 38.8 Å². The lowest BCUT2D eigenvalue weighted by atomic mass is 10.0. The lowest BCUT2D eigenvalue weighted by Crippen LogP contribution is -2.35. The van der Waals surface area contributed by atoms with E-state index in [1.54, 1.807) is 0 Å². The molecule has 0 atom stereocenters. The van der Waals surface area contributed by atoms with Crippen LogP contribution >= 0.6 is 11.6 Å². The molecule has 2 aromatic rings. The molecule has 0 unspecified atom stereocenters. The van der Waals surface area contributed by atoms with Crippen molar-refractivity contribution < 1.29 is 0 Å². The number of nitrogens with zero attached hydrogens (tertiary/aromatic N) is 2. The monoisotopic (exact) mass is 305 g/mol. The predicted molar refractivity (Wildman–Crippen MR) is 89.3 cm³/mol. The summed E-state index contributed by atoms with van der Waals surface area (Å²) in [5.74, 6) is 0.376. The molecule has 0 amide bonds. The SMILES string of the molecule is CC(C)c1c(CNC(C)(C)C)cnn1-c1ccccc1Cl. The summed E-state index contributed by atoms with van der Waals surface area (Å²) >= 11 is 6.32. The van der Waals surface area contributed by atoms with Gasteiger partial charge in [-0.15, -0.1) is 0 Å². The van der Waals surface area contributed by atoms with Gasteiger partial charge >= 0.3 is 0 Å². The summed E-state index contributed by atoms with van der Waals surface area (Å²) in [7, 11) is 0. The molecule has 3 nitrogen and oxygen atoms in total. The van der Waals surface area contributed by atoms with Gasteiger partial charge < -0.3 is 5.32 Å². The molecular weight excluding hydrogens is 282 g/mol. The van der Waals surface area contributed by atoms with Crippen molar-refractivity contribution in [2.75, 3.05) is 0 Å². The molecule has 1 aromatic heterocycles. The third-order valence-electron chi connectivity index (χ3n) is 3.32. The van der Waals surface area contributed by atoms with Crippen LogP contribution in [-0.4, -0.2) is 15.3 Å². The smallest absolute Gasteiger partial charge is 0.0835 e. The van der Waals surface area contributed by atoms with E-state index < -0.39 is 0 Å². The Hall–Kier alpha value is -1.32. The maximum Gasteiger partial charge on any atom is 0.0835 e. The quantitative estimate of drug-likeness (QED) is 0.899. The number of nitrogens with one attached hydrogen (secondary N) is 1. The van der Waals surface area contributed by atoms with Gasteiger partial charge in [0.05, 0.1) is 22.6 Å². The van der Waals surface area contributed by atoms with Crippen molar-refractivity contribution >= 4 is 11.6 Å². The first-order valence-electron chi connectivity index (χ1n) is 7.36. The summed E-state index contributed by atoms with van der Waals surface area (Å²) in [4.78, 5) is 0. The number of rotatable bonds is 4. The van der Waals surface area contributed by atoms with Crippen LogP contribution in [0.2, 0.25) is 5.02 Å². The third kappa shape index (κ3) is 3.86. The molecule has 0 radical (unpaired) electrons. The minimum Gasteiger partial charge on any atom is -0.308 e. The van der Waals surface area contributed by atoms with Crippen molar-refractivity contribution in [1.82, 2.24) is 15.1 Å². The van der Waals surface area contributed by atoms with Gasteiger partial charge in [0.1, 0.15) is 0 Å². The molecule has 4 heteroatoms. The molecule has 0 bridgehead atoms. The summed E-state index contributed by atoms with van der Waals surface area (Å²) in [6, 6.07) is 7.82. The molecule has 0 aliphatic rings. The summed E-state index contributed by atoms with van der Waals surface area (Å²) in [5.41, 5.74) is 3.45. The lowest BCUT2D eigenvalue weighted by molar-refractivity contribution is 0.423. The maximum absolute atomic E-state index is 6.32. The molecule has 1 N–H and O–H groups in total. The number of aromatic nitrogens is 2. The van der Waals surface area contributed by atoms with Gasteiger partial charge in [-0.2, -0.15) is 5.10 Å². The van der Waals surface area contributed by atoms with E-state index in [0.717, 1.165) is 17.3 Å². The molecule has 0 aliphatic heterocycles. The Morgan fingerprint density at radius 1 is 1.24 bits per heavy atom. The number of halogens is 1. The highest BCUT2D eigenvalue weighted by molar-refractivity contribution is 6.32. The van der Waals surface area contributed by atoms with Gasteiger partial charge in [-0.25, -0.2) is 4.68 Å². The highest BCUT2D eigenvalue weighted by Gasteiger charge is 2.18. The van der Waals surface area contributed by atoms with Crippen molar-refractivity contribution in [2.24, 2.45) is 0 Å². The van der Waals surface area contributed by atoms with Crippen molar-refractivity contribution in [1.29, 1.82) is 0 Å². The van der Waals surface area contributed by atoms with E-state index in [4.69, 9.17) is 11.6 Å². The molecule has 0 spiro atoms. The number of benzene rings is 1. The van der Waals surface area contributed by atoms with Gasteiger partial charge in [-0.3, -0.25) is 0 Å².